The highest BCUT2D eigenvalue weighted by Crippen LogP contribution is 2.31. The zero-order valence-electron chi connectivity index (χ0n) is 7.88. The van der Waals surface area contributed by atoms with Crippen LogP contribution in [0.15, 0.2) is 23.2 Å². The predicted molar refractivity (Wildman–Crippen MR) is 57.3 cm³/mol. The summed E-state index contributed by atoms with van der Waals surface area (Å²) in [5, 5.41) is 8.72. The molecule has 0 atom stereocenters. The van der Waals surface area contributed by atoms with Crippen LogP contribution >= 0.6 is 15.9 Å². The van der Waals surface area contributed by atoms with Crippen molar-refractivity contribution >= 4 is 27.5 Å². The van der Waals surface area contributed by atoms with Crippen molar-refractivity contribution < 1.29 is 19.0 Å². The van der Waals surface area contributed by atoms with E-state index in [0.717, 1.165) is 6.07 Å². The number of benzene rings is 1. The highest BCUT2D eigenvalue weighted by Gasteiger charge is 2.18. The van der Waals surface area contributed by atoms with Crippen LogP contribution in [0.25, 0.3) is 5.57 Å². The Morgan fingerprint density at radius 3 is 2.67 bits per heavy atom. The summed E-state index contributed by atoms with van der Waals surface area (Å²) in [7, 11) is 1.33. The average Bonchev–Trinajstić information content (AvgIpc) is 2.15. The second-order valence-corrected chi connectivity index (χ2v) is 3.66. The summed E-state index contributed by atoms with van der Waals surface area (Å²) in [4.78, 5) is 10.7. The summed E-state index contributed by atoms with van der Waals surface area (Å²) < 4.78 is 18.8. The largest absolute Gasteiger partial charge is 0.496 e. The smallest absolute Gasteiger partial charge is 0.335 e. The number of aliphatic carboxylic acids is 1. The van der Waals surface area contributed by atoms with Crippen molar-refractivity contribution in [3.8, 4) is 5.75 Å². The van der Waals surface area contributed by atoms with E-state index in [2.05, 4.69) is 22.5 Å². The van der Waals surface area contributed by atoms with Crippen LogP contribution in [0.2, 0.25) is 0 Å². The third-order valence-electron chi connectivity index (χ3n) is 1.80. The van der Waals surface area contributed by atoms with Gasteiger partial charge in [0.1, 0.15) is 11.6 Å². The first-order valence-corrected chi connectivity index (χ1v) is 4.72. The summed E-state index contributed by atoms with van der Waals surface area (Å²) in [5.74, 6) is -1.84. The molecule has 0 saturated carbocycles. The Kier molecular flexibility index (Phi) is 3.47. The minimum atomic E-state index is -1.28. The van der Waals surface area contributed by atoms with Crippen LogP contribution in [0.5, 0.6) is 5.75 Å². The van der Waals surface area contributed by atoms with Gasteiger partial charge in [-0.25, -0.2) is 9.18 Å². The normalized spacial score (nSPS) is 9.80. The fraction of sp³-hybridized carbons (Fsp3) is 0.100. The number of carboxylic acids is 1. The molecule has 5 heteroatoms. The van der Waals surface area contributed by atoms with Gasteiger partial charge in [-0.1, -0.05) is 22.5 Å². The van der Waals surface area contributed by atoms with Gasteiger partial charge in [-0.05, 0) is 12.1 Å². The molecule has 0 spiro atoms. The van der Waals surface area contributed by atoms with Gasteiger partial charge in [0.25, 0.3) is 0 Å². The summed E-state index contributed by atoms with van der Waals surface area (Å²) >= 11 is 3.08. The number of ether oxygens (including phenoxy) is 1. The number of hydrogen-bond acceptors (Lipinski definition) is 2. The van der Waals surface area contributed by atoms with Crippen LogP contribution in [0.1, 0.15) is 5.56 Å². The molecule has 1 rings (SSSR count). The molecule has 0 aliphatic heterocycles. The number of methoxy groups -OCH3 is 1. The van der Waals surface area contributed by atoms with Crippen LogP contribution in [-0.4, -0.2) is 18.2 Å². The van der Waals surface area contributed by atoms with Gasteiger partial charge in [-0.2, -0.15) is 0 Å². The molecule has 0 aliphatic carbocycles. The molecule has 80 valence electrons. The first kappa shape index (κ1) is 11.7. The Morgan fingerprint density at radius 1 is 1.60 bits per heavy atom. The van der Waals surface area contributed by atoms with Crippen molar-refractivity contribution in [2.75, 3.05) is 7.11 Å². The van der Waals surface area contributed by atoms with E-state index in [4.69, 9.17) is 9.84 Å². The molecular weight excluding hydrogens is 267 g/mol. The topological polar surface area (TPSA) is 46.5 Å². The molecule has 1 N–H and O–H groups in total. The average molecular weight is 275 g/mol. The zero-order chi connectivity index (χ0) is 11.6. The van der Waals surface area contributed by atoms with Crippen molar-refractivity contribution in [2.45, 2.75) is 0 Å². The Hall–Kier alpha value is -1.36. The fourth-order valence-electron chi connectivity index (χ4n) is 1.11. The summed E-state index contributed by atoms with van der Waals surface area (Å²) in [6, 6.07) is 2.64. The Bertz CT molecular complexity index is 429. The molecule has 0 radical (unpaired) electrons. The molecule has 0 aromatic heterocycles. The van der Waals surface area contributed by atoms with Gasteiger partial charge in [-0.3, -0.25) is 0 Å². The highest BCUT2D eigenvalue weighted by atomic mass is 79.9. The van der Waals surface area contributed by atoms with Crippen LogP contribution in [0.3, 0.4) is 0 Å². The van der Waals surface area contributed by atoms with Gasteiger partial charge >= 0.3 is 5.97 Å². The van der Waals surface area contributed by atoms with Crippen LogP contribution < -0.4 is 4.74 Å². The molecule has 15 heavy (non-hydrogen) atoms. The molecule has 1 aromatic carbocycles. The van der Waals surface area contributed by atoms with E-state index >= 15 is 0 Å². The van der Waals surface area contributed by atoms with Gasteiger partial charge in [0.05, 0.1) is 18.2 Å². The fourth-order valence-corrected chi connectivity index (χ4v) is 1.52. The Balaban J connectivity index is 3.39. The predicted octanol–water partition coefficient (Wildman–Crippen LogP) is 2.69. The SMILES string of the molecule is C=C(C(=O)O)c1c(F)cc(Br)cc1OC. The van der Waals surface area contributed by atoms with E-state index in [0.29, 0.717) is 4.47 Å². The number of carbonyl (C=O) groups is 1. The van der Waals surface area contributed by atoms with Gasteiger partial charge in [0, 0.05) is 4.47 Å². The third-order valence-corrected chi connectivity index (χ3v) is 2.26. The van der Waals surface area contributed by atoms with Crippen molar-refractivity contribution in [3.05, 3.63) is 34.6 Å². The quantitative estimate of drug-likeness (QED) is 0.863. The maximum absolute atomic E-state index is 13.5. The summed E-state index contributed by atoms with van der Waals surface area (Å²) in [6.45, 7) is 3.29. The van der Waals surface area contributed by atoms with E-state index in [1.165, 1.54) is 13.2 Å². The van der Waals surface area contributed by atoms with Gasteiger partial charge < -0.3 is 9.84 Å². The molecule has 0 unspecified atom stereocenters. The summed E-state index contributed by atoms with van der Waals surface area (Å²) in [5.41, 5.74) is -0.468. The lowest BCUT2D eigenvalue weighted by molar-refractivity contribution is -0.130. The third kappa shape index (κ3) is 2.36. The minimum absolute atomic E-state index is 0.131. The second kappa shape index (κ2) is 4.44. The maximum atomic E-state index is 13.5. The van der Waals surface area contributed by atoms with Crippen molar-refractivity contribution in [1.29, 1.82) is 0 Å². The number of rotatable bonds is 3. The van der Waals surface area contributed by atoms with E-state index < -0.39 is 11.8 Å². The van der Waals surface area contributed by atoms with Crippen LogP contribution in [0, 0.1) is 5.82 Å². The standard InChI is InChI=1S/C10H8BrFO3/c1-5(10(13)14)9-7(12)3-6(11)4-8(9)15-2/h3-4H,1H2,2H3,(H,13,14). The lowest BCUT2D eigenvalue weighted by Crippen LogP contribution is -2.03. The molecule has 1 aromatic rings. The lowest BCUT2D eigenvalue weighted by Gasteiger charge is -2.09. The van der Waals surface area contributed by atoms with E-state index in [9.17, 15) is 9.18 Å². The molecule has 3 nitrogen and oxygen atoms in total. The van der Waals surface area contributed by atoms with Gasteiger partial charge in [0.2, 0.25) is 0 Å². The van der Waals surface area contributed by atoms with Gasteiger partial charge in [-0.15, -0.1) is 0 Å². The number of carboxylic acid groups (broad SMARTS) is 1. The first-order chi connectivity index (χ1) is 6.97. The molecular formula is C10H8BrFO3. The monoisotopic (exact) mass is 274 g/mol. The summed E-state index contributed by atoms with van der Waals surface area (Å²) in [6.07, 6.45) is 0. The van der Waals surface area contributed by atoms with Crippen molar-refractivity contribution in [3.63, 3.8) is 0 Å². The minimum Gasteiger partial charge on any atom is -0.496 e. The second-order valence-electron chi connectivity index (χ2n) is 2.75. The van der Waals surface area contributed by atoms with Gasteiger partial charge in [0.15, 0.2) is 0 Å². The van der Waals surface area contributed by atoms with E-state index in [1.807, 2.05) is 0 Å². The van der Waals surface area contributed by atoms with Crippen LogP contribution in [-0.2, 0) is 4.79 Å². The lowest BCUT2D eigenvalue weighted by atomic mass is 10.1. The maximum Gasteiger partial charge on any atom is 0.335 e. The molecule has 0 fully saturated rings. The number of halogens is 2. The molecule has 0 bridgehead atoms. The van der Waals surface area contributed by atoms with E-state index in [1.54, 1.807) is 0 Å². The highest BCUT2D eigenvalue weighted by molar-refractivity contribution is 9.10. The first-order valence-electron chi connectivity index (χ1n) is 3.93. The molecule has 0 heterocycles. The van der Waals surface area contributed by atoms with Crippen molar-refractivity contribution in [1.82, 2.24) is 0 Å². The molecule has 0 amide bonds. The number of hydrogen-bond donors (Lipinski definition) is 1. The Labute approximate surface area is 94.3 Å². The van der Waals surface area contributed by atoms with Crippen LogP contribution in [0.4, 0.5) is 4.39 Å². The van der Waals surface area contributed by atoms with Crippen molar-refractivity contribution in [2.24, 2.45) is 0 Å². The zero-order valence-corrected chi connectivity index (χ0v) is 9.47. The Morgan fingerprint density at radius 2 is 2.20 bits per heavy atom. The molecule has 0 saturated heterocycles. The van der Waals surface area contributed by atoms with E-state index in [-0.39, 0.29) is 16.9 Å². The molecule has 0 aliphatic rings.